The molecule has 1 saturated heterocycles. The van der Waals surface area contributed by atoms with Crippen molar-refractivity contribution in [3.05, 3.63) is 59.4 Å². The van der Waals surface area contributed by atoms with Crippen LogP contribution in [0.15, 0.2) is 53.6 Å². The molecular formula is C16H13ClN2O2S. The van der Waals surface area contributed by atoms with E-state index in [9.17, 15) is 9.59 Å². The van der Waals surface area contributed by atoms with E-state index in [0.29, 0.717) is 10.7 Å². The van der Waals surface area contributed by atoms with Crippen LogP contribution in [0, 0.1) is 0 Å². The number of thioether (sulfide) groups is 1. The van der Waals surface area contributed by atoms with Crippen LogP contribution >= 0.6 is 23.4 Å². The second-order valence-corrected chi connectivity index (χ2v) is 6.62. The first-order valence-electron chi connectivity index (χ1n) is 6.80. The van der Waals surface area contributed by atoms with E-state index in [-0.39, 0.29) is 30.0 Å². The van der Waals surface area contributed by atoms with Crippen LogP contribution in [0.25, 0.3) is 0 Å². The Morgan fingerprint density at radius 2 is 1.95 bits per heavy atom. The Morgan fingerprint density at radius 1 is 1.18 bits per heavy atom. The van der Waals surface area contributed by atoms with Crippen molar-refractivity contribution in [2.75, 3.05) is 0 Å². The number of hydrogen-bond donors (Lipinski definition) is 0. The van der Waals surface area contributed by atoms with Gasteiger partial charge in [0, 0.05) is 22.5 Å². The summed E-state index contributed by atoms with van der Waals surface area (Å²) in [7, 11) is 0. The highest BCUT2D eigenvalue weighted by atomic mass is 35.5. The number of aromatic nitrogens is 1. The zero-order valence-electron chi connectivity index (χ0n) is 11.6. The van der Waals surface area contributed by atoms with E-state index in [0.717, 1.165) is 4.90 Å². The maximum absolute atomic E-state index is 12.4. The second-order valence-electron chi connectivity index (χ2n) is 4.90. The SMILES string of the molecule is O=C1CC(Sc2ccc(Cl)cc2)C(=O)N1Cc1ccccn1. The monoisotopic (exact) mass is 332 g/mol. The van der Waals surface area contributed by atoms with Crippen molar-refractivity contribution < 1.29 is 9.59 Å². The zero-order valence-corrected chi connectivity index (χ0v) is 13.2. The van der Waals surface area contributed by atoms with Gasteiger partial charge in [0.1, 0.15) is 0 Å². The summed E-state index contributed by atoms with van der Waals surface area (Å²) in [5, 5.41) is 0.271. The van der Waals surface area contributed by atoms with Gasteiger partial charge in [0.05, 0.1) is 17.5 Å². The predicted octanol–water partition coefficient (Wildman–Crippen LogP) is 3.15. The summed E-state index contributed by atoms with van der Waals surface area (Å²) in [5.41, 5.74) is 0.710. The summed E-state index contributed by atoms with van der Waals surface area (Å²) in [5.74, 6) is -0.308. The molecule has 112 valence electrons. The number of halogens is 1. The summed E-state index contributed by atoms with van der Waals surface area (Å²) >= 11 is 7.24. The van der Waals surface area contributed by atoms with E-state index in [1.807, 2.05) is 18.2 Å². The van der Waals surface area contributed by atoms with Gasteiger partial charge < -0.3 is 0 Å². The van der Waals surface area contributed by atoms with Crippen molar-refractivity contribution in [3.63, 3.8) is 0 Å². The van der Waals surface area contributed by atoms with Crippen LogP contribution in [-0.4, -0.2) is 26.9 Å². The highest BCUT2D eigenvalue weighted by Gasteiger charge is 2.39. The fourth-order valence-corrected chi connectivity index (χ4v) is 3.44. The third-order valence-electron chi connectivity index (χ3n) is 3.34. The van der Waals surface area contributed by atoms with E-state index in [1.54, 1.807) is 30.5 Å². The molecule has 2 amide bonds. The number of imide groups is 1. The Morgan fingerprint density at radius 3 is 2.64 bits per heavy atom. The summed E-state index contributed by atoms with van der Waals surface area (Å²) in [6.07, 6.45) is 1.87. The van der Waals surface area contributed by atoms with Gasteiger partial charge in [0.2, 0.25) is 11.8 Å². The molecule has 1 aliphatic heterocycles. The molecule has 1 unspecified atom stereocenters. The predicted molar refractivity (Wildman–Crippen MR) is 85.5 cm³/mol. The number of benzene rings is 1. The molecule has 2 heterocycles. The molecule has 0 saturated carbocycles. The third-order valence-corrected chi connectivity index (χ3v) is 4.79. The molecule has 22 heavy (non-hydrogen) atoms. The highest BCUT2D eigenvalue weighted by molar-refractivity contribution is 8.00. The first-order valence-corrected chi connectivity index (χ1v) is 8.05. The standard InChI is InChI=1S/C16H13ClN2O2S/c17-11-4-6-13(7-5-11)22-14-9-15(20)19(16(14)21)10-12-3-1-2-8-18-12/h1-8,14H,9-10H2. The normalized spacial score (nSPS) is 18.0. The van der Waals surface area contributed by atoms with Gasteiger partial charge in [-0.15, -0.1) is 11.8 Å². The molecule has 1 aromatic heterocycles. The van der Waals surface area contributed by atoms with Crippen molar-refractivity contribution in [2.45, 2.75) is 23.1 Å². The molecule has 0 N–H and O–H groups in total. The highest BCUT2D eigenvalue weighted by Crippen LogP contribution is 2.32. The first-order chi connectivity index (χ1) is 10.6. The van der Waals surface area contributed by atoms with Crippen LogP contribution in [0.3, 0.4) is 0 Å². The fourth-order valence-electron chi connectivity index (χ4n) is 2.24. The first kappa shape index (κ1) is 15.1. The molecule has 0 radical (unpaired) electrons. The zero-order chi connectivity index (χ0) is 15.5. The van der Waals surface area contributed by atoms with Gasteiger partial charge in [-0.2, -0.15) is 0 Å². The Kier molecular flexibility index (Phi) is 4.45. The van der Waals surface area contributed by atoms with Crippen LogP contribution in [0.1, 0.15) is 12.1 Å². The molecule has 1 fully saturated rings. The van der Waals surface area contributed by atoms with Crippen molar-refractivity contribution in [1.82, 2.24) is 9.88 Å². The van der Waals surface area contributed by atoms with E-state index < -0.39 is 0 Å². The average Bonchev–Trinajstić information content (AvgIpc) is 2.78. The molecule has 0 bridgehead atoms. The molecule has 1 aromatic carbocycles. The molecule has 3 rings (SSSR count). The van der Waals surface area contributed by atoms with Crippen LogP contribution in [0.5, 0.6) is 0 Å². The van der Waals surface area contributed by atoms with Crippen molar-refractivity contribution in [3.8, 4) is 0 Å². The Hall–Kier alpha value is -1.85. The Bertz CT molecular complexity index is 691. The molecule has 6 heteroatoms. The number of nitrogens with zero attached hydrogens (tertiary/aromatic N) is 2. The number of pyridine rings is 1. The summed E-state index contributed by atoms with van der Waals surface area (Å²) in [6.45, 7) is 0.232. The van der Waals surface area contributed by atoms with Gasteiger partial charge in [-0.3, -0.25) is 19.5 Å². The number of likely N-dealkylation sites (tertiary alicyclic amines) is 1. The lowest BCUT2D eigenvalue weighted by Gasteiger charge is -2.14. The number of carbonyl (C=O) groups excluding carboxylic acids is 2. The Balaban J connectivity index is 1.70. The van der Waals surface area contributed by atoms with Crippen molar-refractivity contribution in [2.24, 2.45) is 0 Å². The van der Waals surface area contributed by atoms with E-state index in [1.165, 1.54) is 16.7 Å². The van der Waals surface area contributed by atoms with E-state index >= 15 is 0 Å². The molecule has 4 nitrogen and oxygen atoms in total. The van der Waals surface area contributed by atoms with Gasteiger partial charge >= 0.3 is 0 Å². The van der Waals surface area contributed by atoms with Crippen molar-refractivity contribution in [1.29, 1.82) is 0 Å². The van der Waals surface area contributed by atoms with E-state index in [4.69, 9.17) is 11.6 Å². The second kappa shape index (κ2) is 6.50. The molecule has 0 aliphatic carbocycles. The smallest absolute Gasteiger partial charge is 0.243 e. The lowest BCUT2D eigenvalue weighted by atomic mass is 10.3. The van der Waals surface area contributed by atoms with Gasteiger partial charge in [-0.05, 0) is 36.4 Å². The minimum atomic E-state index is -0.377. The summed E-state index contributed by atoms with van der Waals surface area (Å²) < 4.78 is 0. The fraction of sp³-hybridized carbons (Fsp3) is 0.188. The Labute approximate surface area is 137 Å². The van der Waals surface area contributed by atoms with Gasteiger partial charge in [-0.1, -0.05) is 17.7 Å². The molecule has 2 aromatic rings. The number of carbonyl (C=O) groups is 2. The van der Waals surface area contributed by atoms with Crippen LogP contribution < -0.4 is 0 Å². The van der Waals surface area contributed by atoms with Gasteiger partial charge in [0.25, 0.3) is 0 Å². The molecule has 1 aliphatic rings. The maximum atomic E-state index is 12.4. The van der Waals surface area contributed by atoms with Gasteiger partial charge in [0.15, 0.2) is 0 Å². The minimum Gasteiger partial charge on any atom is -0.276 e. The number of hydrogen-bond acceptors (Lipinski definition) is 4. The maximum Gasteiger partial charge on any atom is 0.243 e. The molecular weight excluding hydrogens is 320 g/mol. The van der Waals surface area contributed by atoms with Crippen molar-refractivity contribution >= 4 is 35.2 Å². The minimum absolute atomic E-state index is 0.151. The molecule has 0 spiro atoms. The summed E-state index contributed by atoms with van der Waals surface area (Å²) in [4.78, 5) is 30.9. The number of rotatable bonds is 4. The van der Waals surface area contributed by atoms with E-state index in [2.05, 4.69) is 4.98 Å². The largest absolute Gasteiger partial charge is 0.276 e. The molecule has 1 atom stereocenters. The number of amides is 2. The summed E-state index contributed by atoms with van der Waals surface area (Å²) in [6, 6.07) is 12.7. The lowest BCUT2D eigenvalue weighted by Crippen LogP contribution is -2.31. The topological polar surface area (TPSA) is 50.3 Å². The quantitative estimate of drug-likeness (QED) is 0.807. The van der Waals surface area contributed by atoms with Crippen LogP contribution in [0.2, 0.25) is 5.02 Å². The lowest BCUT2D eigenvalue weighted by molar-refractivity contribution is -0.139. The van der Waals surface area contributed by atoms with Crippen LogP contribution in [-0.2, 0) is 16.1 Å². The van der Waals surface area contributed by atoms with Crippen LogP contribution in [0.4, 0.5) is 0 Å². The third kappa shape index (κ3) is 3.31. The average molecular weight is 333 g/mol. The van der Waals surface area contributed by atoms with Gasteiger partial charge in [-0.25, -0.2) is 0 Å².